The molecule has 0 aliphatic carbocycles. The molecular formula is C14H12BrN3. The summed E-state index contributed by atoms with van der Waals surface area (Å²) in [5.41, 5.74) is 10.6. The van der Waals surface area contributed by atoms with E-state index in [9.17, 15) is 0 Å². The van der Waals surface area contributed by atoms with E-state index < -0.39 is 0 Å². The maximum atomic E-state index is 5.77. The molecular weight excluding hydrogens is 290 g/mol. The summed E-state index contributed by atoms with van der Waals surface area (Å²) in [6.45, 7) is 2.07. The van der Waals surface area contributed by atoms with Crippen molar-refractivity contribution in [2.75, 3.05) is 5.73 Å². The highest BCUT2D eigenvalue weighted by atomic mass is 79.9. The molecule has 0 spiro atoms. The molecule has 1 aromatic heterocycles. The normalized spacial score (nSPS) is 11.0. The van der Waals surface area contributed by atoms with Crippen molar-refractivity contribution < 1.29 is 0 Å². The molecule has 0 unspecified atom stereocenters. The Morgan fingerprint density at radius 1 is 1.17 bits per heavy atom. The van der Waals surface area contributed by atoms with Gasteiger partial charge in [-0.05, 0) is 37.3 Å². The van der Waals surface area contributed by atoms with E-state index in [1.807, 2.05) is 24.3 Å². The second-order valence-corrected chi connectivity index (χ2v) is 5.20. The standard InChI is InChI=1S/C14H12BrN3/c1-8-2-4-11(15)10(6-8)14-17-12-5-3-9(16)7-13(12)18-14/h2-7H,16H2,1H3,(H,17,18). The van der Waals surface area contributed by atoms with Crippen molar-refractivity contribution in [2.45, 2.75) is 6.92 Å². The summed E-state index contributed by atoms with van der Waals surface area (Å²) < 4.78 is 1.03. The average molecular weight is 302 g/mol. The van der Waals surface area contributed by atoms with Gasteiger partial charge in [0.05, 0.1) is 11.0 Å². The van der Waals surface area contributed by atoms with Gasteiger partial charge >= 0.3 is 0 Å². The number of nitrogens with two attached hydrogens (primary N) is 1. The van der Waals surface area contributed by atoms with Crippen LogP contribution < -0.4 is 5.73 Å². The molecule has 1 heterocycles. The molecule has 2 aromatic carbocycles. The Balaban J connectivity index is 2.22. The van der Waals surface area contributed by atoms with Gasteiger partial charge in [-0.1, -0.05) is 27.6 Å². The van der Waals surface area contributed by atoms with Crippen LogP contribution in [0.25, 0.3) is 22.4 Å². The lowest BCUT2D eigenvalue weighted by molar-refractivity contribution is 1.31. The number of fused-ring (bicyclic) bond motifs is 1. The molecule has 18 heavy (non-hydrogen) atoms. The number of H-pyrrole nitrogens is 1. The summed E-state index contributed by atoms with van der Waals surface area (Å²) >= 11 is 3.55. The smallest absolute Gasteiger partial charge is 0.139 e. The molecule has 90 valence electrons. The molecule has 0 atom stereocenters. The highest BCUT2D eigenvalue weighted by Gasteiger charge is 2.08. The van der Waals surface area contributed by atoms with Crippen LogP contribution in [0.1, 0.15) is 5.56 Å². The molecule has 3 N–H and O–H groups in total. The Kier molecular flexibility index (Phi) is 2.59. The third kappa shape index (κ3) is 1.88. The molecule has 3 nitrogen and oxygen atoms in total. The molecule has 0 fully saturated rings. The first-order valence-electron chi connectivity index (χ1n) is 5.65. The molecule has 0 aliphatic rings. The molecule has 3 rings (SSSR count). The van der Waals surface area contributed by atoms with Crippen molar-refractivity contribution in [3.63, 3.8) is 0 Å². The fraction of sp³-hybridized carbons (Fsp3) is 0.0714. The molecule has 0 radical (unpaired) electrons. The van der Waals surface area contributed by atoms with Crippen molar-refractivity contribution in [3.05, 3.63) is 46.4 Å². The Bertz CT molecular complexity index is 731. The quantitative estimate of drug-likeness (QED) is 0.670. The van der Waals surface area contributed by atoms with Gasteiger partial charge in [-0.25, -0.2) is 4.98 Å². The van der Waals surface area contributed by atoms with Crippen molar-refractivity contribution in [3.8, 4) is 11.4 Å². The third-order valence-electron chi connectivity index (χ3n) is 2.88. The van der Waals surface area contributed by atoms with Crippen LogP contribution in [0.2, 0.25) is 0 Å². The number of hydrogen-bond acceptors (Lipinski definition) is 2. The minimum Gasteiger partial charge on any atom is -0.399 e. The summed E-state index contributed by atoms with van der Waals surface area (Å²) in [6.07, 6.45) is 0. The number of halogens is 1. The molecule has 0 saturated carbocycles. The monoisotopic (exact) mass is 301 g/mol. The predicted octanol–water partition coefficient (Wildman–Crippen LogP) is 3.88. The maximum absolute atomic E-state index is 5.77. The minimum atomic E-state index is 0.737. The average Bonchev–Trinajstić information content (AvgIpc) is 2.74. The highest BCUT2D eigenvalue weighted by Crippen LogP contribution is 2.29. The fourth-order valence-electron chi connectivity index (χ4n) is 1.98. The van der Waals surface area contributed by atoms with Crippen molar-refractivity contribution in [1.29, 1.82) is 0 Å². The number of aromatic amines is 1. The zero-order valence-corrected chi connectivity index (χ0v) is 11.5. The van der Waals surface area contributed by atoms with Crippen LogP contribution >= 0.6 is 15.9 Å². The lowest BCUT2D eigenvalue weighted by Gasteiger charge is -2.01. The highest BCUT2D eigenvalue weighted by molar-refractivity contribution is 9.10. The largest absolute Gasteiger partial charge is 0.399 e. The second kappa shape index (κ2) is 4.14. The number of rotatable bonds is 1. The van der Waals surface area contributed by atoms with Crippen molar-refractivity contribution in [1.82, 2.24) is 9.97 Å². The molecule has 0 aliphatic heterocycles. The Morgan fingerprint density at radius 3 is 2.83 bits per heavy atom. The molecule has 4 heteroatoms. The molecule has 0 saturated heterocycles. The van der Waals surface area contributed by atoms with Crippen LogP contribution in [0.5, 0.6) is 0 Å². The van der Waals surface area contributed by atoms with E-state index in [0.717, 1.165) is 32.6 Å². The molecule has 3 aromatic rings. The van der Waals surface area contributed by atoms with Gasteiger partial charge < -0.3 is 10.7 Å². The third-order valence-corrected chi connectivity index (χ3v) is 3.57. The van der Waals surface area contributed by atoms with Crippen LogP contribution in [0, 0.1) is 6.92 Å². The van der Waals surface area contributed by atoms with E-state index >= 15 is 0 Å². The summed E-state index contributed by atoms with van der Waals surface area (Å²) in [5.74, 6) is 0.853. The summed E-state index contributed by atoms with van der Waals surface area (Å²) in [7, 11) is 0. The van der Waals surface area contributed by atoms with Gasteiger partial charge in [0.25, 0.3) is 0 Å². The number of hydrogen-bond donors (Lipinski definition) is 2. The summed E-state index contributed by atoms with van der Waals surface area (Å²) in [4.78, 5) is 7.88. The number of anilines is 1. The number of aryl methyl sites for hydroxylation is 1. The van der Waals surface area contributed by atoms with Gasteiger partial charge in [-0.2, -0.15) is 0 Å². The van der Waals surface area contributed by atoms with Gasteiger partial charge in [0.1, 0.15) is 5.82 Å². The first-order chi connectivity index (χ1) is 8.63. The number of benzene rings is 2. The van der Waals surface area contributed by atoms with Crippen molar-refractivity contribution >= 4 is 32.7 Å². The Hall–Kier alpha value is -1.81. The number of imidazole rings is 1. The van der Waals surface area contributed by atoms with E-state index in [1.54, 1.807) is 0 Å². The SMILES string of the molecule is Cc1ccc(Br)c(-c2nc3ccc(N)cc3[nH]2)c1. The second-order valence-electron chi connectivity index (χ2n) is 4.35. The first kappa shape index (κ1) is 11.3. The number of nitrogen functional groups attached to an aromatic ring is 1. The summed E-state index contributed by atoms with van der Waals surface area (Å²) in [6, 6.07) is 11.9. The van der Waals surface area contributed by atoms with Gasteiger partial charge in [0.15, 0.2) is 0 Å². The van der Waals surface area contributed by atoms with Crippen LogP contribution in [0.15, 0.2) is 40.9 Å². The topological polar surface area (TPSA) is 54.7 Å². The maximum Gasteiger partial charge on any atom is 0.139 e. The van der Waals surface area contributed by atoms with E-state index in [2.05, 4.69) is 45.0 Å². The van der Waals surface area contributed by atoms with Crippen LogP contribution in [0.4, 0.5) is 5.69 Å². The number of aromatic nitrogens is 2. The Labute approximate surface area is 113 Å². The number of nitrogens with zero attached hydrogens (tertiary/aromatic N) is 1. The van der Waals surface area contributed by atoms with E-state index in [1.165, 1.54) is 5.56 Å². The van der Waals surface area contributed by atoms with E-state index in [0.29, 0.717) is 0 Å². The van der Waals surface area contributed by atoms with E-state index in [-0.39, 0.29) is 0 Å². The van der Waals surface area contributed by atoms with Crippen LogP contribution in [-0.2, 0) is 0 Å². The minimum absolute atomic E-state index is 0.737. The molecule has 0 bridgehead atoms. The van der Waals surface area contributed by atoms with Gasteiger partial charge in [-0.3, -0.25) is 0 Å². The van der Waals surface area contributed by atoms with Gasteiger partial charge in [0, 0.05) is 15.7 Å². The lowest BCUT2D eigenvalue weighted by atomic mass is 10.1. The molecule has 0 amide bonds. The zero-order valence-electron chi connectivity index (χ0n) is 9.87. The predicted molar refractivity (Wildman–Crippen MR) is 78.4 cm³/mol. The number of nitrogens with one attached hydrogen (secondary N) is 1. The summed E-state index contributed by atoms with van der Waals surface area (Å²) in [5, 5.41) is 0. The van der Waals surface area contributed by atoms with Crippen molar-refractivity contribution in [2.24, 2.45) is 0 Å². The van der Waals surface area contributed by atoms with Gasteiger partial charge in [0.2, 0.25) is 0 Å². The first-order valence-corrected chi connectivity index (χ1v) is 6.44. The fourth-order valence-corrected chi connectivity index (χ4v) is 2.41. The zero-order chi connectivity index (χ0) is 12.7. The van der Waals surface area contributed by atoms with Gasteiger partial charge in [-0.15, -0.1) is 0 Å². The van der Waals surface area contributed by atoms with Crippen LogP contribution in [0.3, 0.4) is 0 Å². The Morgan fingerprint density at radius 2 is 2.00 bits per heavy atom. The van der Waals surface area contributed by atoms with E-state index in [4.69, 9.17) is 5.73 Å². The lowest BCUT2D eigenvalue weighted by Crippen LogP contribution is -1.84. The van der Waals surface area contributed by atoms with Crippen LogP contribution in [-0.4, -0.2) is 9.97 Å².